The van der Waals surface area contributed by atoms with Crippen LogP contribution in [0.2, 0.25) is 0 Å². The topological polar surface area (TPSA) is 64.1 Å². The lowest BCUT2D eigenvalue weighted by Gasteiger charge is -2.10. The third-order valence-corrected chi connectivity index (χ3v) is 4.16. The van der Waals surface area contributed by atoms with Gasteiger partial charge in [0, 0.05) is 11.6 Å². The number of rotatable bonds is 5. The highest BCUT2D eigenvalue weighted by atomic mass is 32.1. The van der Waals surface area contributed by atoms with Gasteiger partial charge in [0.15, 0.2) is 0 Å². The SMILES string of the molecule is Cc1cc(C(C)NCc2nnc(-c3cccs3)o2)c(C)o1. The van der Waals surface area contributed by atoms with Crippen molar-refractivity contribution in [2.24, 2.45) is 0 Å². The van der Waals surface area contributed by atoms with Crippen molar-refractivity contribution in [3.63, 3.8) is 0 Å². The van der Waals surface area contributed by atoms with Crippen LogP contribution < -0.4 is 5.32 Å². The monoisotopic (exact) mass is 303 g/mol. The van der Waals surface area contributed by atoms with E-state index in [1.54, 1.807) is 11.3 Å². The van der Waals surface area contributed by atoms with Crippen LogP contribution in [0.4, 0.5) is 0 Å². The minimum Gasteiger partial charge on any atom is -0.466 e. The zero-order chi connectivity index (χ0) is 14.8. The normalized spacial score (nSPS) is 12.7. The maximum Gasteiger partial charge on any atom is 0.257 e. The Kier molecular flexibility index (Phi) is 3.90. The van der Waals surface area contributed by atoms with E-state index in [0.29, 0.717) is 18.3 Å². The molecular formula is C15H17N3O2S. The van der Waals surface area contributed by atoms with Gasteiger partial charge in [-0.15, -0.1) is 21.5 Å². The second-order valence-electron chi connectivity index (χ2n) is 4.95. The van der Waals surface area contributed by atoms with Gasteiger partial charge in [-0.3, -0.25) is 0 Å². The zero-order valence-corrected chi connectivity index (χ0v) is 13.0. The highest BCUT2D eigenvalue weighted by Crippen LogP contribution is 2.24. The molecule has 110 valence electrons. The minimum absolute atomic E-state index is 0.166. The molecule has 3 aromatic heterocycles. The molecule has 3 aromatic rings. The van der Waals surface area contributed by atoms with Gasteiger partial charge >= 0.3 is 0 Å². The minimum atomic E-state index is 0.166. The first-order valence-corrected chi connectivity index (χ1v) is 7.68. The molecule has 0 aromatic carbocycles. The van der Waals surface area contributed by atoms with Crippen LogP contribution in [-0.4, -0.2) is 10.2 Å². The van der Waals surface area contributed by atoms with Crippen molar-refractivity contribution < 1.29 is 8.83 Å². The van der Waals surface area contributed by atoms with E-state index in [-0.39, 0.29) is 6.04 Å². The lowest BCUT2D eigenvalue weighted by Crippen LogP contribution is -2.18. The molecule has 1 unspecified atom stereocenters. The summed E-state index contributed by atoms with van der Waals surface area (Å²) in [5.41, 5.74) is 1.16. The van der Waals surface area contributed by atoms with Crippen LogP contribution in [-0.2, 0) is 6.54 Å². The Morgan fingerprint density at radius 2 is 2.14 bits per heavy atom. The molecule has 6 heteroatoms. The van der Waals surface area contributed by atoms with Crippen molar-refractivity contribution in [1.29, 1.82) is 0 Å². The Labute approximate surface area is 127 Å². The number of nitrogens with one attached hydrogen (secondary N) is 1. The van der Waals surface area contributed by atoms with Crippen molar-refractivity contribution in [1.82, 2.24) is 15.5 Å². The largest absolute Gasteiger partial charge is 0.466 e. The smallest absolute Gasteiger partial charge is 0.257 e. The van der Waals surface area contributed by atoms with Gasteiger partial charge in [0.2, 0.25) is 5.89 Å². The van der Waals surface area contributed by atoms with E-state index >= 15 is 0 Å². The summed E-state index contributed by atoms with van der Waals surface area (Å²) in [6, 6.07) is 6.15. The van der Waals surface area contributed by atoms with E-state index < -0.39 is 0 Å². The number of aryl methyl sites for hydroxylation is 2. The molecule has 0 aliphatic rings. The Balaban J connectivity index is 1.64. The summed E-state index contributed by atoms with van der Waals surface area (Å²) in [7, 11) is 0. The number of furan rings is 1. The fourth-order valence-corrected chi connectivity index (χ4v) is 2.90. The van der Waals surface area contributed by atoms with Gasteiger partial charge in [-0.25, -0.2) is 0 Å². The summed E-state index contributed by atoms with van der Waals surface area (Å²) in [6.07, 6.45) is 0. The van der Waals surface area contributed by atoms with E-state index in [0.717, 1.165) is 22.0 Å². The molecule has 0 bridgehead atoms. The predicted molar refractivity (Wildman–Crippen MR) is 81.0 cm³/mol. The van der Waals surface area contributed by atoms with E-state index in [1.165, 1.54) is 0 Å². The number of hydrogen-bond acceptors (Lipinski definition) is 6. The molecule has 5 nitrogen and oxygen atoms in total. The summed E-state index contributed by atoms with van der Waals surface area (Å²) in [6.45, 7) is 6.55. The molecule has 0 aliphatic carbocycles. The molecule has 3 heterocycles. The maximum absolute atomic E-state index is 5.65. The van der Waals surface area contributed by atoms with Crippen molar-refractivity contribution in [3.05, 3.63) is 46.6 Å². The number of nitrogens with zero attached hydrogens (tertiary/aromatic N) is 2. The molecule has 0 fully saturated rings. The fraction of sp³-hybridized carbons (Fsp3) is 0.333. The Hall–Kier alpha value is -1.92. The van der Waals surface area contributed by atoms with Gasteiger partial charge in [0.05, 0.1) is 11.4 Å². The second kappa shape index (κ2) is 5.83. The molecule has 0 amide bonds. The molecule has 0 spiro atoms. The second-order valence-corrected chi connectivity index (χ2v) is 5.90. The van der Waals surface area contributed by atoms with Crippen molar-refractivity contribution in [2.75, 3.05) is 0 Å². The molecule has 1 N–H and O–H groups in total. The van der Waals surface area contributed by atoms with Gasteiger partial charge in [0.25, 0.3) is 5.89 Å². The first-order chi connectivity index (χ1) is 10.1. The van der Waals surface area contributed by atoms with Crippen molar-refractivity contribution in [3.8, 4) is 10.8 Å². The average molecular weight is 303 g/mol. The molecule has 0 radical (unpaired) electrons. The van der Waals surface area contributed by atoms with E-state index in [1.807, 2.05) is 31.4 Å². The van der Waals surface area contributed by atoms with E-state index in [9.17, 15) is 0 Å². The Morgan fingerprint density at radius 1 is 1.29 bits per heavy atom. The molecule has 3 rings (SSSR count). The van der Waals surface area contributed by atoms with Crippen LogP contribution in [0.15, 0.2) is 32.4 Å². The van der Waals surface area contributed by atoms with Crippen molar-refractivity contribution in [2.45, 2.75) is 33.4 Å². The van der Waals surface area contributed by atoms with Gasteiger partial charge in [0.1, 0.15) is 11.5 Å². The summed E-state index contributed by atoms with van der Waals surface area (Å²) < 4.78 is 11.2. The molecule has 21 heavy (non-hydrogen) atoms. The Morgan fingerprint density at radius 3 is 2.81 bits per heavy atom. The van der Waals surface area contributed by atoms with Crippen LogP contribution in [0.5, 0.6) is 0 Å². The maximum atomic E-state index is 5.65. The Bertz CT molecular complexity index is 715. The van der Waals surface area contributed by atoms with E-state index in [2.05, 4.69) is 28.5 Å². The number of thiophene rings is 1. The lowest BCUT2D eigenvalue weighted by atomic mass is 10.1. The summed E-state index contributed by atoms with van der Waals surface area (Å²) in [5.74, 6) is 3.03. The summed E-state index contributed by atoms with van der Waals surface area (Å²) in [4.78, 5) is 0.989. The van der Waals surface area contributed by atoms with Crippen LogP contribution >= 0.6 is 11.3 Å². The average Bonchev–Trinajstić information content (AvgIpc) is 3.15. The van der Waals surface area contributed by atoms with Crippen LogP contribution in [0.1, 0.15) is 35.9 Å². The number of hydrogen-bond donors (Lipinski definition) is 1. The first-order valence-electron chi connectivity index (χ1n) is 6.80. The quantitative estimate of drug-likeness (QED) is 0.775. The third-order valence-electron chi connectivity index (χ3n) is 3.30. The van der Waals surface area contributed by atoms with Gasteiger partial charge < -0.3 is 14.2 Å². The lowest BCUT2D eigenvalue weighted by molar-refractivity contribution is 0.448. The van der Waals surface area contributed by atoms with Crippen LogP contribution in [0, 0.1) is 13.8 Å². The highest BCUT2D eigenvalue weighted by molar-refractivity contribution is 7.13. The molecule has 1 atom stereocenters. The van der Waals surface area contributed by atoms with Gasteiger partial charge in [-0.1, -0.05) is 6.07 Å². The first kappa shape index (κ1) is 14.0. The summed E-state index contributed by atoms with van der Waals surface area (Å²) >= 11 is 1.59. The summed E-state index contributed by atoms with van der Waals surface area (Å²) in [5, 5.41) is 13.5. The predicted octanol–water partition coefficient (Wildman–Crippen LogP) is 3.86. The van der Waals surface area contributed by atoms with Crippen molar-refractivity contribution >= 4 is 11.3 Å². The van der Waals surface area contributed by atoms with Crippen LogP contribution in [0.25, 0.3) is 10.8 Å². The van der Waals surface area contributed by atoms with Gasteiger partial charge in [-0.05, 0) is 38.3 Å². The number of aromatic nitrogens is 2. The standard InChI is InChI=1S/C15H17N3O2S/c1-9-7-12(11(3)19-9)10(2)16-8-14-17-18-15(20-14)13-5-4-6-21-13/h4-7,10,16H,8H2,1-3H3. The molecule has 0 saturated carbocycles. The zero-order valence-electron chi connectivity index (χ0n) is 12.2. The van der Waals surface area contributed by atoms with Gasteiger partial charge in [-0.2, -0.15) is 0 Å². The third kappa shape index (κ3) is 3.06. The van der Waals surface area contributed by atoms with E-state index in [4.69, 9.17) is 8.83 Å². The molecule has 0 aliphatic heterocycles. The highest BCUT2D eigenvalue weighted by Gasteiger charge is 2.14. The van der Waals surface area contributed by atoms with Crippen LogP contribution in [0.3, 0.4) is 0 Å². The molecule has 0 saturated heterocycles. The fourth-order valence-electron chi connectivity index (χ4n) is 2.26. The molecular weight excluding hydrogens is 286 g/mol.